The first kappa shape index (κ1) is 13.2. The van der Waals surface area contributed by atoms with Gasteiger partial charge in [0.05, 0.1) is 24.9 Å². The number of methoxy groups -OCH3 is 1. The van der Waals surface area contributed by atoms with Crippen molar-refractivity contribution in [2.24, 2.45) is 0 Å². The average molecular weight is 281 g/mol. The van der Waals surface area contributed by atoms with Gasteiger partial charge >= 0.3 is 0 Å². The van der Waals surface area contributed by atoms with E-state index in [0.29, 0.717) is 17.9 Å². The van der Waals surface area contributed by atoms with Crippen LogP contribution in [0.3, 0.4) is 0 Å². The quantitative estimate of drug-likeness (QED) is 0.772. The van der Waals surface area contributed by atoms with Gasteiger partial charge in [-0.05, 0) is 24.3 Å². The fraction of sp³-hybridized carbons (Fsp3) is 0.125. The second-order valence-electron chi connectivity index (χ2n) is 4.63. The molecule has 0 saturated carbocycles. The predicted molar refractivity (Wildman–Crippen MR) is 80.3 cm³/mol. The summed E-state index contributed by atoms with van der Waals surface area (Å²) in [6.45, 7) is 0.399. The lowest BCUT2D eigenvalue weighted by Gasteiger charge is -2.06. The van der Waals surface area contributed by atoms with Gasteiger partial charge in [0.1, 0.15) is 5.75 Å². The number of carbonyl (C=O) groups excluding carboxylic acids is 1. The van der Waals surface area contributed by atoms with Crippen LogP contribution < -0.4 is 10.1 Å². The molecule has 0 saturated heterocycles. The topological polar surface area (TPSA) is 67.0 Å². The maximum Gasteiger partial charge on any atom is 0.251 e. The second-order valence-corrected chi connectivity index (χ2v) is 4.63. The molecule has 0 radical (unpaired) electrons. The monoisotopic (exact) mass is 281 g/mol. The van der Waals surface area contributed by atoms with Gasteiger partial charge in [-0.3, -0.25) is 9.89 Å². The predicted octanol–water partition coefficient (Wildman–Crippen LogP) is 2.50. The second kappa shape index (κ2) is 5.66. The number of para-hydroxylation sites is 1. The van der Waals surface area contributed by atoms with E-state index in [1.54, 1.807) is 31.4 Å². The lowest BCUT2D eigenvalue weighted by molar-refractivity contribution is 0.0950. The number of nitrogens with one attached hydrogen (secondary N) is 2. The molecule has 0 aliphatic carbocycles. The van der Waals surface area contributed by atoms with E-state index in [2.05, 4.69) is 15.5 Å². The summed E-state index contributed by atoms with van der Waals surface area (Å²) in [5, 5.41) is 11.1. The van der Waals surface area contributed by atoms with Crippen molar-refractivity contribution < 1.29 is 9.53 Å². The number of ether oxygens (including phenoxy) is 1. The van der Waals surface area contributed by atoms with Gasteiger partial charge in [-0.15, -0.1) is 0 Å². The number of nitrogens with zero attached hydrogens (tertiary/aromatic N) is 1. The Morgan fingerprint density at radius 3 is 2.95 bits per heavy atom. The maximum atomic E-state index is 12.1. The number of benzene rings is 2. The van der Waals surface area contributed by atoms with Crippen LogP contribution in [0.4, 0.5) is 0 Å². The molecule has 3 rings (SSSR count). The van der Waals surface area contributed by atoms with Gasteiger partial charge in [-0.25, -0.2) is 0 Å². The minimum atomic E-state index is -0.146. The van der Waals surface area contributed by atoms with Crippen LogP contribution in [-0.4, -0.2) is 23.2 Å². The molecule has 1 heterocycles. The van der Waals surface area contributed by atoms with Gasteiger partial charge in [0, 0.05) is 10.9 Å². The largest absolute Gasteiger partial charge is 0.497 e. The molecular formula is C16H15N3O2. The normalized spacial score (nSPS) is 10.5. The SMILES string of the molecule is COc1cccc(C(=O)NCc2[nH]nc3ccccc23)c1. The number of hydrogen-bond donors (Lipinski definition) is 2. The summed E-state index contributed by atoms with van der Waals surface area (Å²) in [7, 11) is 1.58. The maximum absolute atomic E-state index is 12.1. The molecule has 3 aromatic rings. The molecule has 0 aliphatic rings. The van der Waals surface area contributed by atoms with Crippen molar-refractivity contribution in [1.29, 1.82) is 0 Å². The van der Waals surface area contributed by atoms with Crippen molar-refractivity contribution in [3.8, 4) is 5.75 Å². The van der Waals surface area contributed by atoms with Crippen molar-refractivity contribution in [2.75, 3.05) is 7.11 Å². The molecule has 5 nitrogen and oxygen atoms in total. The van der Waals surface area contributed by atoms with E-state index in [1.165, 1.54) is 0 Å². The Bertz CT molecular complexity index is 780. The van der Waals surface area contributed by atoms with Gasteiger partial charge in [0.15, 0.2) is 0 Å². The van der Waals surface area contributed by atoms with E-state index in [1.807, 2.05) is 24.3 Å². The molecule has 2 N–H and O–H groups in total. The molecule has 0 aliphatic heterocycles. The smallest absolute Gasteiger partial charge is 0.251 e. The summed E-state index contributed by atoms with van der Waals surface area (Å²) in [5.74, 6) is 0.516. The third-order valence-corrected chi connectivity index (χ3v) is 3.30. The standard InChI is InChI=1S/C16H15N3O2/c1-21-12-6-4-5-11(9-12)16(20)17-10-15-13-7-2-3-8-14(13)18-19-15/h2-9H,10H2,1H3,(H,17,20)(H,18,19). The number of fused-ring (bicyclic) bond motifs is 1. The van der Waals surface area contributed by atoms with Gasteiger partial charge in [0.25, 0.3) is 5.91 Å². The van der Waals surface area contributed by atoms with Crippen LogP contribution in [0.25, 0.3) is 10.9 Å². The molecule has 0 spiro atoms. The van der Waals surface area contributed by atoms with Crippen molar-refractivity contribution >= 4 is 16.8 Å². The number of hydrogen-bond acceptors (Lipinski definition) is 3. The first-order chi connectivity index (χ1) is 10.3. The summed E-state index contributed by atoms with van der Waals surface area (Å²) < 4.78 is 5.12. The van der Waals surface area contributed by atoms with Crippen molar-refractivity contribution in [2.45, 2.75) is 6.54 Å². The van der Waals surface area contributed by atoms with Gasteiger partial charge in [0.2, 0.25) is 0 Å². The third-order valence-electron chi connectivity index (χ3n) is 3.30. The summed E-state index contributed by atoms with van der Waals surface area (Å²) >= 11 is 0. The van der Waals surface area contributed by atoms with Crippen molar-refractivity contribution in [1.82, 2.24) is 15.5 Å². The molecule has 0 atom stereocenters. The minimum absolute atomic E-state index is 0.146. The zero-order valence-corrected chi connectivity index (χ0v) is 11.6. The molecule has 106 valence electrons. The highest BCUT2D eigenvalue weighted by atomic mass is 16.5. The molecule has 0 unspecified atom stereocenters. The first-order valence-electron chi connectivity index (χ1n) is 6.62. The Morgan fingerprint density at radius 1 is 1.24 bits per heavy atom. The number of carbonyl (C=O) groups is 1. The van der Waals surface area contributed by atoms with Crippen LogP contribution >= 0.6 is 0 Å². The van der Waals surface area contributed by atoms with Gasteiger partial charge in [-0.2, -0.15) is 5.10 Å². The molecule has 5 heteroatoms. The summed E-state index contributed by atoms with van der Waals surface area (Å²) in [4.78, 5) is 12.1. The number of rotatable bonds is 4. The van der Waals surface area contributed by atoms with Crippen LogP contribution in [0.1, 0.15) is 16.1 Å². The van der Waals surface area contributed by atoms with E-state index in [-0.39, 0.29) is 5.91 Å². The van der Waals surface area contributed by atoms with Crippen LogP contribution in [-0.2, 0) is 6.54 Å². The number of aromatic nitrogens is 2. The zero-order valence-electron chi connectivity index (χ0n) is 11.6. The third kappa shape index (κ3) is 2.72. The highest BCUT2D eigenvalue weighted by Crippen LogP contribution is 2.15. The number of H-pyrrole nitrogens is 1. The van der Waals surface area contributed by atoms with Crippen molar-refractivity contribution in [3.63, 3.8) is 0 Å². The lowest BCUT2D eigenvalue weighted by Crippen LogP contribution is -2.23. The Morgan fingerprint density at radius 2 is 2.10 bits per heavy atom. The minimum Gasteiger partial charge on any atom is -0.497 e. The van der Waals surface area contributed by atoms with Crippen LogP contribution in [0.5, 0.6) is 5.75 Å². The van der Waals surface area contributed by atoms with E-state index >= 15 is 0 Å². The molecular weight excluding hydrogens is 266 g/mol. The Kier molecular flexibility index (Phi) is 3.55. The van der Waals surface area contributed by atoms with Gasteiger partial charge in [-0.1, -0.05) is 24.3 Å². The lowest BCUT2D eigenvalue weighted by atomic mass is 10.2. The highest BCUT2D eigenvalue weighted by molar-refractivity contribution is 5.94. The average Bonchev–Trinajstić information content (AvgIpc) is 2.96. The van der Waals surface area contributed by atoms with E-state index in [4.69, 9.17) is 4.74 Å². The summed E-state index contributed by atoms with van der Waals surface area (Å²) in [6, 6.07) is 14.8. The number of aromatic amines is 1. The molecule has 1 amide bonds. The van der Waals surface area contributed by atoms with Crippen LogP contribution in [0.2, 0.25) is 0 Å². The van der Waals surface area contributed by atoms with Crippen LogP contribution in [0, 0.1) is 0 Å². The molecule has 2 aromatic carbocycles. The van der Waals surface area contributed by atoms with E-state index in [0.717, 1.165) is 16.6 Å². The van der Waals surface area contributed by atoms with E-state index in [9.17, 15) is 4.79 Å². The first-order valence-corrected chi connectivity index (χ1v) is 6.62. The molecule has 1 aromatic heterocycles. The Balaban J connectivity index is 1.73. The highest BCUT2D eigenvalue weighted by Gasteiger charge is 2.09. The molecule has 21 heavy (non-hydrogen) atoms. The molecule has 0 bridgehead atoms. The van der Waals surface area contributed by atoms with Gasteiger partial charge < -0.3 is 10.1 Å². The Hall–Kier alpha value is -2.82. The Labute approximate surface area is 121 Å². The summed E-state index contributed by atoms with van der Waals surface area (Å²) in [5.41, 5.74) is 2.35. The fourth-order valence-electron chi connectivity index (χ4n) is 2.18. The summed E-state index contributed by atoms with van der Waals surface area (Å²) in [6.07, 6.45) is 0. The number of amides is 1. The van der Waals surface area contributed by atoms with Crippen molar-refractivity contribution in [3.05, 3.63) is 59.8 Å². The fourth-order valence-corrected chi connectivity index (χ4v) is 2.18. The van der Waals surface area contributed by atoms with Crippen LogP contribution in [0.15, 0.2) is 48.5 Å². The van der Waals surface area contributed by atoms with E-state index < -0.39 is 0 Å². The zero-order chi connectivity index (χ0) is 14.7. The molecule has 0 fully saturated rings.